The molecule has 0 aliphatic carbocycles. The molecule has 0 spiro atoms. The van der Waals surface area contributed by atoms with E-state index in [9.17, 15) is 14.0 Å². The molecular weight excluding hydrogens is 337 g/mol. The lowest BCUT2D eigenvalue weighted by Gasteiger charge is -2.26. The van der Waals surface area contributed by atoms with Gasteiger partial charge in [-0.05, 0) is 30.7 Å². The molecule has 2 N–H and O–H groups in total. The average Bonchev–Trinajstić information content (AvgIpc) is 2.57. The zero-order chi connectivity index (χ0) is 17.1. The van der Waals surface area contributed by atoms with Gasteiger partial charge in [0.25, 0.3) is 11.5 Å². The summed E-state index contributed by atoms with van der Waals surface area (Å²) >= 11 is 5.83. The summed E-state index contributed by atoms with van der Waals surface area (Å²) in [5.74, 6) is -0.348. The Labute approximate surface area is 142 Å². The Kier molecular flexibility index (Phi) is 4.92. The van der Waals surface area contributed by atoms with Crippen molar-refractivity contribution in [2.75, 3.05) is 13.2 Å². The summed E-state index contributed by atoms with van der Waals surface area (Å²) in [6.07, 6.45) is -0.902. The number of halogens is 2. The van der Waals surface area contributed by atoms with Crippen LogP contribution in [0.15, 0.2) is 35.1 Å². The molecule has 6 nitrogen and oxygen atoms in total. The highest BCUT2D eigenvalue weighted by Gasteiger charge is 2.27. The van der Waals surface area contributed by atoms with Crippen LogP contribution in [0.25, 0.3) is 11.4 Å². The number of nitrogens with zero attached hydrogens (tertiary/aromatic N) is 1. The molecule has 0 radical (unpaired) electrons. The molecule has 8 heteroatoms. The largest absolute Gasteiger partial charge is 0.378 e. The molecule has 0 bridgehead atoms. The van der Waals surface area contributed by atoms with E-state index in [1.54, 1.807) is 24.3 Å². The summed E-state index contributed by atoms with van der Waals surface area (Å²) in [5, 5.41) is 3.11. The summed E-state index contributed by atoms with van der Waals surface area (Å²) in [6, 6.07) is 7.10. The van der Waals surface area contributed by atoms with E-state index in [0.29, 0.717) is 23.6 Å². The lowest BCUT2D eigenvalue weighted by atomic mass is 10.1. The number of hydrogen-bond donors (Lipinski definition) is 2. The van der Waals surface area contributed by atoms with Crippen molar-refractivity contribution in [3.63, 3.8) is 0 Å². The van der Waals surface area contributed by atoms with Crippen LogP contribution in [0.3, 0.4) is 0 Å². The number of hydrogen-bond acceptors (Lipinski definition) is 4. The fraction of sp³-hybridized carbons (Fsp3) is 0.312. The van der Waals surface area contributed by atoms with Crippen molar-refractivity contribution in [3.05, 3.63) is 51.4 Å². The third kappa shape index (κ3) is 3.80. The Morgan fingerprint density at radius 1 is 1.38 bits per heavy atom. The monoisotopic (exact) mass is 351 g/mol. The molecule has 1 aromatic heterocycles. The maximum absolute atomic E-state index is 13.7. The van der Waals surface area contributed by atoms with Gasteiger partial charge in [-0.25, -0.2) is 9.37 Å². The Hall–Kier alpha value is -2.25. The smallest absolute Gasteiger partial charge is 0.270 e. The zero-order valence-corrected chi connectivity index (χ0v) is 13.3. The van der Waals surface area contributed by atoms with Gasteiger partial charge in [-0.1, -0.05) is 11.6 Å². The van der Waals surface area contributed by atoms with Crippen LogP contribution in [0.4, 0.5) is 4.39 Å². The number of carbonyl (C=O) groups is 1. The number of rotatable bonds is 3. The van der Waals surface area contributed by atoms with Crippen molar-refractivity contribution < 1.29 is 13.9 Å². The number of amides is 1. The Bertz CT molecular complexity index is 794. The van der Waals surface area contributed by atoms with Crippen molar-refractivity contribution >= 4 is 17.5 Å². The molecule has 2 unspecified atom stereocenters. The quantitative estimate of drug-likeness (QED) is 0.885. The molecule has 2 heterocycles. The van der Waals surface area contributed by atoms with Gasteiger partial charge >= 0.3 is 0 Å². The van der Waals surface area contributed by atoms with E-state index in [4.69, 9.17) is 16.3 Å². The Balaban J connectivity index is 1.84. The van der Waals surface area contributed by atoms with E-state index in [0.717, 1.165) is 6.07 Å². The lowest BCUT2D eigenvalue weighted by Crippen LogP contribution is -2.47. The first-order chi connectivity index (χ1) is 11.5. The first-order valence-electron chi connectivity index (χ1n) is 7.43. The van der Waals surface area contributed by atoms with E-state index in [1.807, 2.05) is 0 Å². The molecule has 1 aliphatic rings. The molecule has 2 atom stereocenters. The summed E-state index contributed by atoms with van der Waals surface area (Å²) in [5.41, 5.74) is 0.0758. The van der Waals surface area contributed by atoms with Crippen LogP contribution in [-0.4, -0.2) is 41.3 Å². The number of aromatic nitrogens is 2. The van der Waals surface area contributed by atoms with Gasteiger partial charge in [0.2, 0.25) is 0 Å². The minimum atomic E-state index is -1.28. The molecule has 1 aliphatic heterocycles. The van der Waals surface area contributed by atoms with Crippen molar-refractivity contribution in [2.45, 2.75) is 18.6 Å². The Morgan fingerprint density at radius 2 is 2.12 bits per heavy atom. The maximum atomic E-state index is 13.7. The van der Waals surface area contributed by atoms with E-state index in [-0.39, 0.29) is 18.1 Å². The standard InChI is InChI=1S/C16H15ClFN3O3/c17-10-3-1-9(2-4-10)15-19-13(7-14(22)21-15)16(23)20-12-5-6-24-8-11(12)18/h1-4,7,11-12H,5-6,8H2,(H,20,23)(H,19,21,22). The molecule has 3 rings (SSSR count). The molecule has 1 fully saturated rings. The average molecular weight is 352 g/mol. The van der Waals surface area contributed by atoms with E-state index in [1.165, 1.54) is 0 Å². The van der Waals surface area contributed by atoms with Gasteiger partial charge in [-0.3, -0.25) is 9.59 Å². The second kappa shape index (κ2) is 7.11. The van der Waals surface area contributed by atoms with Crippen molar-refractivity contribution in [3.8, 4) is 11.4 Å². The minimum Gasteiger partial charge on any atom is -0.378 e. The van der Waals surface area contributed by atoms with Crippen LogP contribution in [-0.2, 0) is 4.74 Å². The zero-order valence-electron chi connectivity index (χ0n) is 12.6. The first kappa shape index (κ1) is 16.6. The van der Waals surface area contributed by atoms with Crippen LogP contribution in [0.2, 0.25) is 5.02 Å². The van der Waals surface area contributed by atoms with E-state index < -0.39 is 23.7 Å². The second-order valence-electron chi connectivity index (χ2n) is 5.45. The molecule has 0 saturated carbocycles. The first-order valence-corrected chi connectivity index (χ1v) is 7.81. The van der Waals surface area contributed by atoms with Crippen LogP contribution < -0.4 is 10.9 Å². The van der Waals surface area contributed by atoms with Crippen LogP contribution in [0.5, 0.6) is 0 Å². The number of alkyl halides is 1. The summed E-state index contributed by atoms with van der Waals surface area (Å²) < 4.78 is 18.7. The van der Waals surface area contributed by atoms with Crippen molar-refractivity contribution in [1.82, 2.24) is 15.3 Å². The number of benzene rings is 1. The van der Waals surface area contributed by atoms with Gasteiger partial charge in [-0.2, -0.15) is 0 Å². The third-order valence-electron chi connectivity index (χ3n) is 3.70. The fourth-order valence-corrected chi connectivity index (χ4v) is 2.55. The summed E-state index contributed by atoms with van der Waals surface area (Å²) in [4.78, 5) is 30.8. The number of aromatic amines is 1. The summed E-state index contributed by atoms with van der Waals surface area (Å²) in [6.45, 7) is 0.327. The predicted molar refractivity (Wildman–Crippen MR) is 86.9 cm³/mol. The number of ether oxygens (including phenoxy) is 1. The third-order valence-corrected chi connectivity index (χ3v) is 3.95. The van der Waals surface area contributed by atoms with Crippen molar-refractivity contribution in [1.29, 1.82) is 0 Å². The molecule has 1 amide bonds. The highest BCUT2D eigenvalue weighted by molar-refractivity contribution is 6.30. The SMILES string of the molecule is O=C(NC1CCOCC1F)c1cc(=O)[nH]c(-c2ccc(Cl)cc2)n1. The molecule has 24 heavy (non-hydrogen) atoms. The van der Waals surface area contributed by atoms with E-state index in [2.05, 4.69) is 15.3 Å². The van der Waals surface area contributed by atoms with Gasteiger partial charge in [0.1, 0.15) is 17.7 Å². The van der Waals surface area contributed by atoms with Gasteiger partial charge in [0, 0.05) is 23.3 Å². The van der Waals surface area contributed by atoms with Crippen LogP contribution in [0, 0.1) is 0 Å². The van der Waals surface area contributed by atoms with Crippen LogP contribution in [0.1, 0.15) is 16.9 Å². The normalized spacial score (nSPS) is 20.6. The lowest BCUT2D eigenvalue weighted by molar-refractivity contribution is 0.0141. The highest BCUT2D eigenvalue weighted by atomic mass is 35.5. The van der Waals surface area contributed by atoms with Gasteiger partial charge in [0.15, 0.2) is 0 Å². The minimum absolute atomic E-state index is 0.0518. The van der Waals surface area contributed by atoms with Crippen molar-refractivity contribution in [2.24, 2.45) is 0 Å². The highest BCUT2D eigenvalue weighted by Crippen LogP contribution is 2.17. The van der Waals surface area contributed by atoms with Gasteiger partial charge < -0.3 is 15.0 Å². The number of H-pyrrole nitrogens is 1. The van der Waals surface area contributed by atoms with E-state index >= 15 is 0 Å². The second-order valence-corrected chi connectivity index (χ2v) is 5.88. The molecule has 126 valence electrons. The Morgan fingerprint density at radius 3 is 2.83 bits per heavy atom. The number of nitrogens with one attached hydrogen (secondary N) is 2. The fourth-order valence-electron chi connectivity index (χ4n) is 2.43. The molecular formula is C16H15ClFN3O3. The van der Waals surface area contributed by atoms with Crippen LogP contribution >= 0.6 is 11.6 Å². The number of carbonyl (C=O) groups excluding carboxylic acids is 1. The molecule has 1 saturated heterocycles. The van der Waals surface area contributed by atoms with Gasteiger partial charge in [0.05, 0.1) is 12.6 Å². The summed E-state index contributed by atoms with van der Waals surface area (Å²) in [7, 11) is 0. The predicted octanol–water partition coefficient (Wildman–Crippen LogP) is 1.95. The van der Waals surface area contributed by atoms with Gasteiger partial charge in [-0.15, -0.1) is 0 Å². The molecule has 1 aromatic carbocycles. The maximum Gasteiger partial charge on any atom is 0.270 e. The molecule has 2 aromatic rings. The topological polar surface area (TPSA) is 84.1 Å².